The van der Waals surface area contributed by atoms with Gasteiger partial charge in [0, 0.05) is 6.42 Å². The van der Waals surface area contributed by atoms with Crippen LogP contribution in [0, 0.1) is 5.41 Å². The van der Waals surface area contributed by atoms with Gasteiger partial charge >= 0.3 is 0 Å². The highest BCUT2D eigenvalue weighted by Crippen LogP contribution is 2.28. The summed E-state index contributed by atoms with van der Waals surface area (Å²) in [7, 11) is 1.96. The maximum atomic E-state index is 4.35. The Morgan fingerprint density at radius 3 is 2.42 bits per heavy atom. The molecule has 2 aromatic rings. The minimum Gasteiger partial charge on any atom is -0.307 e. The molecule has 4 heteroatoms. The zero-order valence-corrected chi connectivity index (χ0v) is 12.8. The fourth-order valence-corrected chi connectivity index (χ4v) is 3.27. The van der Waals surface area contributed by atoms with Gasteiger partial charge in [0.25, 0.3) is 0 Å². The van der Waals surface area contributed by atoms with Crippen LogP contribution < -0.4 is 5.32 Å². The van der Waals surface area contributed by atoms with E-state index in [1.54, 1.807) is 11.3 Å². The van der Waals surface area contributed by atoms with Crippen molar-refractivity contribution in [2.24, 2.45) is 5.41 Å². The third-order valence-electron chi connectivity index (χ3n) is 2.83. The molecule has 2 rings (SSSR count). The highest BCUT2D eigenvalue weighted by atomic mass is 32.1. The van der Waals surface area contributed by atoms with Gasteiger partial charge in [0.1, 0.15) is 10.0 Å². The Morgan fingerprint density at radius 1 is 1.16 bits per heavy atom. The van der Waals surface area contributed by atoms with Gasteiger partial charge in [0.15, 0.2) is 0 Å². The molecule has 0 amide bonds. The monoisotopic (exact) mass is 275 g/mol. The molecule has 1 aromatic carbocycles. The van der Waals surface area contributed by atoms with Crippen molar-refractivity contribution in [3.05, 3.63) is 45.9 Å². The zero-order valence-electron chi connectivity index (χ0n) is 12.0. The molecular formula is C15H21N3S. The van der Waals surface area contributed by atoms with Crippen LogP contribution in [0.2, 0.25) is 0 Å². The van der Waals surface area contributed by atoms with E-state index in [-0.39, 0.29) is 11.5 Å². The van der Waals surface area contributed by atoms with Crippen LogP contribution in [0.5, 0.6) is 0 Å². The highest BCUT2D eigenvalue weighted by Gasteiger charge is 2.19. The van der Waals surface area contributed by atoms with Crippen LogP contribution >= 0.6 is 11.3 Å². The van der Waals surface area contributed by atoms with Crippen LogP contribution in [0.4, 0.5) is 0 Å². The summed E-state index contributed by atoms with van der Waals surface area (Å²) in [6, 6.07) is 10.5. The van der Waals surface area contributed by atoms with Crippen LogP contribution in [-0.4, -0.2) is 17.2 Å². The van der Waals surface area contributed by atoms with Gasteiger partial charge in [0.2, 0.25) is 0 Å². The Balaban J connectivity index is 2.21. The second-order valence-corrected chi connectivity index (χ2v) is 7.00. The lowest BCUT2D eigenvalue weighted by Crippen LogP contribution is -2.17. The minimum atomic E-state index is 0.132. The van der Waals surface area contributed by atoms with Crippen molar-refractivity contribution in [1.29, 1.82) is 0 Å². The molecule has 1 heterocycles. The van der Waals surface area contributed by atoms with Crippen molar-refractivity contribution in [2.45, 2.75) is 33.2 Å². The zero-order chi connectivity index (χ0) is 13.9. The lowest BCUT2D eigenvalue weighted by molar-refractivity contribution is 0.409. The number of hydrogen-bond donors (Lipinski definition) is 1. The summed E-state index contributed by atoms with van der Waals surface area (Å²) >= 11 is 1.70. The number of nitrogens with zero attached hydrogens (tertiary/aromatic N) is 2. The van der Waals surface area contributed by atoms with Crippen molar-refractivity contribution in [1.82, 2.24) is 15.5 Å². The molecule has 0 saturated carbocycles. The molecule has 0 radical (unpaired) electrons. The van der Waals surface area contributed by atoms with Crippen LogP contribution in [-0.2, 0) is 6.42 Å². The Labute approximate surface area is 119 Å². The van der Waals surface area contributed by atoms with Crippen molar-refractivity contribution in [3.63, 3.8) is 0 Å². The summed E-state index contributed by atoms with van der Waals surface area (Å²) in [5, 5.41) is 14.1. The summed E-state index contributed by atoms with van der Waals surface area (Å²) in [5.41, 5.74) is 1.47. The molecule has 0 aliphatic carbocycles. The van der Waals surface area contributed by atoms with E-state index in [2.05, 4.69) is 60.6 Å². The molecule has 0 fully saturated rings. The number of benzene rings is 1. The summed E-state index contributed by atoms with van der Waals surface area (Å²) < 4.78 is 0. The van der Waals surface area contributed by atoms with Gasteiger partial charge in [-0.1, -0.05) is 62.4 Å². The predicted octanol–water partition coefficient (Wildman–Crippen LogP) is 3.44. The molecule has 1 unspecified atom stereocenters. The molecule has 0 saturated heterocycles. The molecule has 0 aliphatic heterocycles. The Bertz CT molecular complexity index is 514. The van der Waals surface area contributed by atoms with E-state index in [1.165, 1.54) is 5.56 Å². The van der Waals surface area contributed by atoms with E-state index in [1.807, 2.05) is 13.1 Å². The first-order valence-corrected chi connectivity index (χ1v) is 7.36. The van der Waals surface area contributed by atoms with Crippen molar-refractivity contribution < 1.29 is 0 Å². The normalized spacial score (nSPS) is 13.5. The van der Waals surface area contributed by atoms with E-state index < -0.39 is 0 Å². The summed E-state index contributed by atoms with van der Waals surface area (Å²) in [5.74, 6) is 0. The van der Waals surface area contributed by atoms with Crippen LogP contribution in [0.15, 0.2) is 30.3 Å². The lowest BCUT2D eigenvalue weighted by atomic mass is 9.93. The van der Waals surface area contributed by atoms with Gasteiger partial charge in [-0.3, -0.25) is 0 Å². The Kier molecular flexibility index (Phi) is 4.32. The molecular weight excluding hydrogens is 254 g/mol. The number of aromatic nitrogens is 2. The topological polar surface area (TPSA) is 37.8 Å². The summed E-state index contributed by atoms with van der Waals surface area (Å²) in [6.07, 6.45) is 0.968. The van der Waals surface area contributed by atoms with E-state index >= 15 is 0 Å². The van der Waals surface area contributed by atoms with E-state index in [4.69, 9.17) is 0 Å². The summed E-state index contributed by atoms with van der Waals surface area (Å²) in [6.45, 7) is 6.67. The molecule has 0 aliphatic rings. The quantitative estimate of drug-likeness (QED) is 0.929. The number of nitrogens with one attached hydrogen (secondary N) is 1. The van der Waals surface area contributed by atoms with Gasteiger partial charge in [-0.15, -0.1) is 10.2 Å². The molecule has 1 atom stereocenters. The average molecular weight is 275 g/mol. The fourth-order valence-electron chi connectivity index (χ4n) is 1.99. The van der Waals surface area contributed by atoms with Gasteiger partial charge < -0.3 is 5.32 Å². The Morgan fingerprint density at radius 2 is 1.84 bits per heavy atom. The number of hydrogen-bond acceptors (Lipinski definition) is 4. The van der Waals surface area contributed by atoms with Crippen LogP contribution in [0.3, 0.4) is 0 Å². The third-order valence-corrected chi connectivity index (χ3v) is 3.82. The van der Waals surface area contributed by atoms with Crippen molar-refractivity contribution >= 4 is 11.3 Å². The summed E-state index contributed by atoms with van der Waals surface area (Å²) in [4.78, 5) is 0. The van der Waals surface area contributed by atoms with Crippen molar-refractivity contribution in [2.75, 3.05) is 7.05 Å². The predicted molar refractivity (Wildman–Crippen MR) is 80.4 cm³/mol. The molecule has 1 N–H and O–H groups in total. The highest BCUT2D eigenvalue weighted by molar-refractivity contribution is 7.11. The fraction of sp³-hybridized carbons (Fsp3) is 0.467. The van der Waals surface area contributed by atoms with Gasteiger partial charge in [-0.05, 0) is 18.0 Å². The maximum absolute atomic E-state index is 4.35. The van der Waals surface area contributed by atoms with Crippen molar-refractivity contribution in [3.8, 4) is 0 Å². The molecule has 102 valence electrons. The standard InChI is InChI=1S/C15H21N3S/c1-15(2,3)10-12-17-18-14(19-12)13(16-4)11-8-6-5-7-9-11/h5-9,13,16H,10H2,1-4H3. The minimum absolute atomic E-state index is 0.132. The second-order valence-electron chi connectivity index (χ2n) is 5.90. The first kappa shape index (κ1) is 14.2. The molecule has 0 spiro atoms. The average Bonchev–Trinajstić information content (AvgIpc) is 2.77. The first-order valence-electron chi connectivity index (χ1n) is 6.54. The molecule has 1 aromatic heterocycles. The van der Waals surface area contributed by atoms with Crippen LogP contribution in [0.25, 0.3) is 0 Å². The second kappa shape index (κ2) is 5.80. The lowest BCUT2D eigenvalue weighted by Gasteiger charge is -2.15. The van der Waals surface area contributed by atoms with Gasteiger partial charge in [0.05, 0.1) is 6.04 Å². The first-order chi connectivity index (χ1) is 8.99. The third kappa shape index (κ3) is 3.85. The number of rotatable bonds is 4. The molecule has 19 heavy (non-hydrogen) atoms. The maximum Gasteiger partial charge on any atom is 0.139 e. The molecule has 0 bridgehead atoms. The molecule has 3 nitrogen and oxygen atoms in total. The van der Waals surface area contributed by atoms with E-state index in [9.17, 15) is 0 Å². The Hall–Kier alpha value is -1.26. The van der Waals surface area contributed by atoms with Crippen LogP contribution in [0.1, 0.15) is 42.4 Å². The van der Waals surface area contributed by atoms with Gasteiger partial charge in [-0.25, -0.2) is 0 Å². The van der Waals surface area contributed by atoms with E-state index in [0.29, 0.717) is 0 Å². The smallest absolute Gasteiger partial charge is 0.139 e. The van der Waals surface area contributed by atoms with E-state index in [0.717, 1.165) is 16.4 Å². The largest absolute Gasteiger partial charge is 0.307 e. The van der Waals surface area contributed by atoms with Gasteiger partial charge in [-0.2, -0.15) is 0 Å². The SMILES string of the molecule is CNC(c1ccccc1)c1nnc(CC(C)(C)C)s1.